The van der Waals surface area contributed by atoms with Crippen LogP contribution in [0.25, 0.3) is 5.57 Å². The Kier molecular flexibility index (Phi) is 8.55. The number of carbonyl (C=O) groups is 2. The summed E-state index contributed by atoms with van der Waals surface area (Å²) in [5.74, 6) is 0.637. The van der Waals surface area contributed by atoms with Gasteiger partial charge in [0, 0.05) is 38.2 Å². The van der Waals surface area contributed by atoms with E-state index >= 15 is 0 Å². The van der Waals surface area contributed by atoms with Crippen molar-refractivity contribution in [3.8, 4) is 11.5 Å². The molecule has 0 radical (unpaired) electrons. The van der Waals surface area contributed by atoms with E-state index in [2.05, 4.69) is 13.8 Å². The Morgan fingerprint density at radius 2 is 1.97 bits per heavy atom. The number of nitrogens with two attached hydrogens (primary N) is 1. The summed E-state index contributed by atoms with van der Waals surface area (Å²) in [6.45, 7) is 7.18. The maximum absolute atomic E-state index is 12.8. The van der Waals surface area contributed by atoms with Gasteiger partial charge >= 0.3 is 5.97 Å². The van der Waals surface area contributed by atoms with Crippen molar-refractivity contribution >= 4 is 23.0 Å². The molecule has 1 aromatic rings. The zero-order valence-electron chi connectivity index (χ0n) is 20.1. The van der Waals surface area contributed by atoms with Crippen LogP contribution in [0.4, 0.5) is 5.69 Å². The molecule has 0 bridgehead atoms. The molecule has 7 heteroatoms. The summed E-state index contributed by atoms with van der Waals surface area (Å²) >= 11 is 0. The fourth-order valence-electron chi connectivity index (χ4n) is 4.23. The summed E-state index contributed by atoms with van der Waals surface area (Å²) in [7, 11) is 1.66. The van der Waals surface area contributed by atoms with Crippen LogP contribution >= 0.6 is 0 Å². The monoisotopic (exact) mass is 457 g/mol. The highest BCUT2D eigenvalue weighted by Gasteiger charge is 2.33. The second-order valence-corrected chi connectivity index (χ2v) is 8.71. The Morgan fingerprint density at radius 1 is 1.21 bits per heavy atom. The maximum Gasteiger partial charge on any atom is 0.341 e. The number of benzene rings is 1. The van der Waals surface area contributed by atoms with Crippen LogP contribution in [0.2, 0.25) is 0 Å². The van der Waals surface area contributed by atoms with Crippen LogP contribution in [0.1, 0.15) is 58.4 Å². The molecule has 180 valence electrons. The standard InChI is InChI=1S/C26H35NO6/c1-5-31-26(29)20-13-19-17(9-6-7-10-22(20)28)18-14-21(27)24(32-12-8-11-30-4)15-23(18)33-25(19)16(2)3/h13-16,25H,5-12,27H2,1-4H3/b20-13+. The number of ketones is 1. The number of ether oxygens (including phenoxy) is 4. The van der Waals surface area contributed by atoms with E-state index < -0.39 is 5.97 Å². The fourth-order valence-corrected chi connectivity index (χ4v) is 4.23. The fraction of sp³-hybridized carbons (Fsp3) is 0.538. The van der Waals surface area contributed by atoms with Crippen LogP contribution in [0, 0.1) is 5.92 Å². The van der Waals surface area contributed by atoms with Gasteiger partial charge in [-0.05, 0) is 55.4 Å². The van der Waals surface area contributed by atoms with Gasteiger partial charge in [-0.15, -0.1) is 0 Å². The van der Waals surface area contributed by atoms with E-state index in [0.717, 1.165) is 36.0 Å². The molecule has 1 aliphatic carbocycles. The molecule has 1 unspecified atom stereocenters. The van der Waals surface area contributed by atoms with E-state index in [1.807, 2.05) is 12.1 Å². The van der Waals surface area contributed by atoms with Gasteiger partial charge in [-0.2, -0.15) is 0 Å². The summed E-state index contributed by atoms with van der Waals surface area (Å²) in [4.78, 5) is 25.4. The predicted octanol–water partition coefficient (Wildman–Crippen LogP) is 4.49. The van der Waals surface area contributed by atoms with Crippen molar-refractivity contribution < 1.29 is 28.5 Å². The minimum atomic E-state index is -0.580. The first-order valence-electron chi connectivity index (χ1n) is 11.7. The van der Waals surface area contributed by atoms with Gasteiger partial charge in [0.25, 0.3) is 0 Å². The Hall–Kier alpha value is -2.80. The lowest BCUT2D eigenvalue weighted by molar-refractivity contribution is -0.140. The third kappa shape index (κ3) is 5.77. The van der Waals surface area contributed by atoms with E-state index in [0.29, 0.717) is 43.2 Å². The molecule has 0 aromatic heterocycles. The zero-order valence-corrected chi connectivity index (χ0v) is 20.1. The average Bonchev–Trinajstić information content (AvgIpc) is 2.86. The summed E-state index contributed by atoms with van der Waals surface area (Å²) in [5, 5.41) is 0. The Bertz CT molecular complexity index is 936. The summed E-state index contributed by atoms with van der Waals surface area (Å²) < 4.78 is 22.6. The van der Waals surface area contributed by atoms with E-state index in [4.69, 9.17) is 24.7 Å². The van der Waals surface area contributed by atoms with Gasteiger partial charge in [-0.25, -0.2) is 4.79 Å². The van der Waals surface area contributed by atoms with Crippen molar-refractivity contribution in [3.05, 3.63) is 34.9 Å². The molecule has 1 atom stereocenters. The summed E-state index contributed by atoms with van der Waals surface area (Å²) in [6, 6.07) is 3.73. The molecule has 33 heavy (non-hydrogen) atoms. The lowest BCUT2D eigenvalue weighted by Crippen LogP contribution is -2.30. The molecule has 1 aromatic carbocycles. The Balaban J connectivity index is 2.09. The number of esters is 1. The Labute approximate surface area is 195 Å². The van der Waals surface area contributed by atoms with Crippen LogP contribution in [0.3, 0.4) is 0 Å². The second kappa shape index (κ2) is 11.4. The number of methoxy groups -OCH3 is 1. The molecule has 0 amide bonds. The van der Waals surface area contributed by atoms with Crippen molar-refractivity contribution in [2.45, 2.75) is 59.0 Å². The van der Waals surface area contributed by atoms with Crippen molar-refractivity contribution in [1.82, 2.24) is 0 Å². The van der Waals surface area contributed by atoms with Crippen LogP contribution in [0.15, 0.2) is 29.4 Å². The minimum absolute atomic E-state index is 0.0926. The lowest BCUT2D eigenvalue weighted by atomic mass is 9.85. The minimum Gasteiger partial charge on any atom is -0.491 e. The van der Waals surface area contributed by atoms with Gasteiger partial charge in [0.15, 0.2) is 5.78 Å². The maximum atomic E-state index is 12.8. The molecule has 0 spiro atoms. The van der Waals surface area contributed by atoms with Crippen molar-refractivity contribution in [2.24, 2.45) is 5.92 Å². The smallest absolute Gasteiger partial charge is 0.341 e. The quantitative estimate of drug-likeness (QED) is 0.266. The largest absolute Gasteiger partial charge is 0.491 e. The van der Waals surface area contributed by atoms with Gasteiger partial charge in [-0.3, -0.25) is 4.79 Å². The van der Waals surface area contributed by atoms with E-state index in [1.54, 1.807) is 20.1 Å². The van der Waals surface area contributed by atoms with Crippen LogP contribution in [-0.2, 0) is 19.1 Å². The third-order valence-electron chi connectivity index (χ3n) is 5.88. The molecule has 3 rings (SSSR count). The topological polar surface area (TPSA) is 97.1 Å². The number of carbonyl (C=O) groups excluding carboxylic acids is 2. The zero-order chi connectivity index (χ0) is 24.0. The number of nitrogen functional groups attached to an aromatic ring is 1. The van der Waals surface area contributed by atoms with Crippen molar-refractivity contribution in [1.29, 1.82) is 0 Å². The summed E-state index contributed by atoms with van der Waals surface area (Å²) in [5.41, 5.74) is 9.75. The van der Waals surface area contributed by atoms with Gasteiger partial charge in [0.1, 0.15) is 23.2 Å². The first-order valence-corrected chi connectivity index (χ1v) is 11.7. The van der Waals surface area contributed by atoms with Crippen molar-refractivity contribution in [3.63, 3.8) is 0 Å². The highest BCUT2D eigenvalue weighted by molar-refractivity contribution is 6.18. The molecule has 0 saturated heterocycles. The number of allylic oxidation sites excluding steroid dienone is 1. The average molecular weight is 458 g/mol. The van der Waals surface area contributed by atoms with Gasteiger partial charge in [0.2, 0.25) is 0 Å². The predicted molar refractivity (Wildman–Crippen MR) is 127 cm³/mol. The van der Waals surface area contributed by atoms with E-state index in [1.165, 1.54) is 0 Å². The molecule has 2 aliphatic rings. The second-order valence-electron chi connectivity index (χ2n) is 8.71. The molecule has 0 saturated carbocycles. The highest BCUT2D eigenvalue weighted by atomic mass is 16.5. The van der Waals surface area contributed by atoms with E-state index in [-0.39, 0.29) is 30.0 Å². The third-order valence-corrected chi connectivity index (χ3v) is 5.88. The van der Waals surface area contributed by atoms with Gasteiger partial charge in [-0.1, -0.05) is 13.8 Å². The molecule has 2 N–H and O–H groups in total. The molecule has 0 fully saturated rings. The summed E-state index contributed by atoms with van der Waals surface area (Å²) in [6.07, 6.45) is 4.75. The first kappa shape index (κ1) is 24.8. The molecule has 7 nitrogen and oxygen atoms in total. The first-order chi connectivity index (χ1) is 15.9. The van der Waals surface area contributed by atoms with E-state index in [9.17, 15) is 9.59 Å². The highest BCUT2D eigenvalue weighted by Crippen LogP contribution is 2.45. The lowest BCUT2D eigenvalue weighted by Gasteiger charge is -2.33. The number of rotatable bonds is 8. The molecular weight excluding hydrogens is 422 g/mol. The molecule has 1 aliphatic heterocycles. The molecule has 1 heterocycles. The number of fused-ring (bicyclic) bond motifs is 2. The van der Waals surface area contributed by atoms with Gasteiger partial charge in [0.05, 0.1) is 18.9 Å². The van der Waals surface area contributed by atoms with Crippen LogP contribution in [0.5, 0.6) is 11.5 Å². The number of hydrogen-bond acceptors (Lipinski definition) is 7. The molecular formula is C26H35NO6. The van der Waals surface area contributed by atoms with Crippen LogP contribution < -0.4 is 15.2 Å². The number of Topliss-reactive ketones (excluding diaryl/α,β-unsaturated/α-hetero) is 1. The number of hydrogen-bond donors (Lipinski definition) is 1. The number of anilines is 1. The van der Waals surface area contributed by atoms with Crippen molar-refractivity contribution in [2.75, 3.05) is 32.7 Å². The Morgan fingerprint density at radius 3 is 2.67 bits per heavy atom. The van der Waals surface area contributed by atoms with Gasteiger partial charge < -0.3 is 24.7 Å². The SMILES string of the molecule is CCOC(=O)/C1=C/C2=C(CCCCC1=O)c1cc(N)c(OCCCOC)cc1OC2C(C)C. The normalized spacial score (nSPS) is 20.0. The van der Waals surface area contributed by atoms with Crippen LogP contribution in [-0.4, -0.2) is 44.8 Å².